The maximum atomic E-state index is 10.4. The Balaban J connectivity index is 0. The average molecular weight is 251 g/mol. The number of hydrogen-bond acceptors (Lipinski definition) is 6. The summed E-state index contributed by atoms with van der Waals surface area (Å²) in [5.74, 6) is -0.959. The van der Waals surface area contributed by atoms with Crippen molar-refractivity contribution in [2.45, 2.75) is 12.5 Å². The van der Waals surface area contributed by atoms with Crippen LogP contribution in [0.25, 0.3) is 0 Å². The van der Waals surface area contributed by atoms with Crippen LogP contribution in [0.15, 0.2) is 30.3 Å². The summed E-state index contributed by atoms with van der Waals surface area (Å²) in [5, 5.41) is 19.3. The molecule has 0 aliphatic heterocycles. The molecule has 0 aliphatic rings. The van der Waals surface area contributed by atoms with E-state index in [1.165, 1.54) is 0 Å². The molecule has 0 spiro atoms. The molecule has 5 N–H and O–H groups in total. The van der Waals surface area contributed by atoms with Gasteiger partial charge >= 0.3 is 5.97 Å². The van der Waals surface area contributed by atoms with Gasteiger partial charge in [-0.3, -0.25) is 4.79 Å². The largest absolute Gasteiger partial charge is 0.480 e. The van der Waals surface area contributed by atoms with Crippen LogP contribution in [-0.4, -0.2) is 29.3 Å². The van der Waals surface area contributed by atoms with Gasteiger partial charge in [-0.25, -0.2) is 20.4 Å². The lowest BCUT2D eigenvalue weighted by atomic mass is 10.1. The summed E-state index contributed by atoms with van der Waals surface area (Å²) >= 11 is 0. The van der Waals surface area contributed by atoms with Crippen molar-refractivity contribution in [2.75, 3.05) is 0 Å². The van der Waals surface area contributed by atoms with Gasteiger partial charge in [0.1, 0.15) is 6.04 Å². The number of isocyanates is 2. The second-order valence-electron chi connectivity index (χ2n) is 2.84. The van der Waals surface area contributed by atoms with E-state index in [0.29, 0.717) is 6.42 Å². The van der Waals surface area contributed by atoms with Gasteiger partial charge in [0.05, 0.1) is 0 Å². The minimum Gasteiger partial charge on any atom is -0.480 e. The fourth-order valence-corrected chi connectivity index (χ4v) is 0.955. The molecule has 1 aromatic rings. The number of carboxylic acids is 1. The lowest BCUT2D eigenvalue weighted by Crippen LogP contribution is -2.32. The van der Waals surface area contributed by atoms with E-state index in [0.717, 1.165) is 17.7 Å². The summed E-state index contributed by atoms with van der Waals surface area (Å²) < 4.78 is 0. The molecule has 7 nitrogen and oxygen atoms in total. The Hall–Kier alpha value is -2.59. The molecule has 0 bridgehead atoms. The third-order valence-corrected chi connectivity index (χ3v) is 1.62. The van der Waals surface area contributed by atoms with E-state index in [9.17, 15) is 4.79 Å². The van der Waals surface area contributed by atoms with Crippen molar-refractivity contribution in [3.8, 4) is 0 Å². The van der Waals surface area contributed by atoms with Crippen LogP contribution in [0.2, 0.25) is 0 Å². The number of nitrogens with two attached hydrogens (primary N) is 1. The molecule has 0 saturated heterocycles. The Morgan fingerprint density at radius 3 is 1.94 bits per heavy atom. The highest BCUT2D eigenvalue weighted by molar-refractivity contribution is 5.73. The number of carboxylic acid groups (broad SMARTS) is 1. The molecule has 0 amide bonds. The molecule has 1 unspecified atom stereocenters. The van der Waals surface area contributed by atoms with Crippen molar-refractivity contribution in [3.05, 3.63) is 35.9 Å². The SMILES string of the molecule is N=C=O.N=C=O.NC(Cc1ccccc1)C(=O)O. The van der Waals surface area contributed by atoms with E-state index in [4.69, 9.17) is 31.2 Å². The van der Waals surface area contributed by atoms with E-state index >= 15 is 0 Å². The van der Waals surface area contributed by atoms with Gasteiger partial charge in [-0.15, -0.1) is 0 Å². The Kier molecular flexibility index (Phi) is 12.3. The number of carbonyl (C=O) groups is 1. The second kappa shape index (κ2) is 12.5. The smallest absolute Gasteiger partial charge is 0.320 e. The Morgan fingerprint density at radius 2 is 1.61 bits per heavy atom. The zero-order chi connectivity index (χ0) is 14.4. The van der Waals surface area contributed by atoms with E-state index in [2.05, 4.69) is 0 Å². The van der Waals surface area contributed by atoms with Gasteiger partial charge < -0.3 is 10.8 Å². The second-order valence-corrected chi connectivity index (χ2v) is 2.84. The quantitative estimate of drug-likeness (QED) is 0.455. The number of aliphatic carboxylic acids is 1. The van der Waals surface area contributed by atoms with Gasteiger partial charge in [-0.05, 0) is 12.0 Å². The molecule has 0 aliphatic carbocycles. The van der Waals surface area contributed by atoms with Crippen LogP contribution in [0.4, 0.5) is 0 Å². The number of hydrogen-bond donors (Lipinski definition) is 4. The van der Waals surface area contributed by atoms with Crippen LogP contribution in [0, 0.1) is 10.8 Å². The Morgan fingerprint density at radius 1 is 1.22 bits per heavy atom. The van der Waals surface area contributed by atoms with Gasteiger partial charge in [0.25, 0.3) is 0 Å². The third kappa shape index (κ3) is 11.5. The van der Waals surface area contributed by atoms with Crippen molar-refractivity contribution in [2.24, 2.45) is 5.73 Å². The maximum Gasteiger partial charge on any atom is 0.320 e. The molecule has 0 aromatic heterocycles. The Labute approximate surface area is 103 Å². The molecule has 7 heteroatoms. The lowest BCUT2D eigenvalue weighted by molar-refractivity contribution is -0.138. The predicted octanol–water partition coefficient (Wildman–Crippen LogP) is 0.443. The number of nitrogens with one attached hydrogen (secondary N) is 2. The van der Waals surface area contributed by atoms with E-state index in [-0.39, 0.29) is 0 Å². The van der Waals surface area contributed by atoms with Gasteiger partial charge in [-0.2, -0.15) is 0 Å². The summed E-state index contributed by atoms with van der Waals surface area (Å²) in [6.45, 7) is 0. The monoisotopic (exact) mass is 251 g/mol. The summed E-state index contributed by atoms with van der Waals surface area (Å²) in [6, 6.07) is 8.54. The summed E-state index contributed by atoms with van der Waals surface area (Å²) in [6.07, 6.45) is 1.89. The number of benzene rings is 1. The van der Waals surface area contributed by atoms with Crippen molar-refractivity contribution in [3.63, 3.8) is 0 Å². The van der Waals surface area contributed by atoms with Gasteiger partial charge in [0.15, 0.2) is 0 Å². The van der Waals surface area contributed by atoms with Crippen LogP contribution in [0.1, 0.15) is 5.56 Å². The fraction of sp³-hybridized carbons (Fsp3) is 0.182. The van der Waals surface area contributed by atoms with Crippen molar-refractivity contribution in [1.29, 1.82) is 10.8 Å². The summed E-state index contributed by atoms with van der Waals surface area (Å²) in [4.78, 5) is 27.1. The molecule has 1 aromatic carbocycles. The molecule has 0 fully saturated rings. The molecule has 1 rings (SSSR count). The minimum atomic E-state index is -0.959. The molecule has 0 heterocycles. The minimum absolute atomic E-state index is 0.385. The molecular weight excluding hydrogens is 238 g/mol. The van der Waals surface area contributed by atoms with Crippen LogP contribution in [0.5, 0.6) is 0 Å². The average Bonchev–Trinajstić information content (AvgIpc) is 2.32. The summed E-state index contributed by atoms with van der Waals surface area (Å²) in [7, 11) is 0. The normalized spacial score (nSPS) is 9.17. The lowest BCUT2D eigenvalue weighted by Gasteiger charge is -2.04. The van der Waals surface area contributed by atoms with E-state index < -0.39 is 12.0 Å². The molecular formula is C11H13N3O4. The molecule has 1 atom stereocenters. The molecule has 96 valence electrons. The third-order valence-electron chi connectivity index (χ3n) is 1.62. The first-order valence-electron chi connectivity index (χ1n) is 4.63. The molecule has 0 saturated carbocycles. The highest BCUT2D eigenvalue weighted by atomic mass is 16.4. The van der Waals surface area contributed by atoms with Gasteiger partial charge in [0, 0.05) is 0 Å². The van der Waals surface area contributed by atoms with Crippen LogP contribution >= 0.6 is 0 Å². The first-order chi connectivity index (χ1) is 8.53. The van der Waals surface area contributed by atoms with Gasteiger partial charge in [0.2, 0.25) is 12.2 Å². The fourth-order valence-electron chi connectivity index (χ4n) is 0.955. The van der Waals surface area contributed by atoms with Gasteiger partial charge in [-0.1, -0.05) is 30.3 Å². The summed E-state index contributed by atoms with van der Waals surface area (Å²) in [5.41, 5.74) is 6.30. The van der Waals surface area contributed by atoms with Crippen LogP contribution in [0.3, 0.4) is 0 Å². The van der Waals surface area contributed by atoms with Crippen molar-refractivity contribution >= 4 is 18.1 Å². The van der Waals surface area contributed by atoms with Crippen molar-refractivity contribution in [1.82, 2.24) is 0 Å². The predicted molar refractivity (Wildman–Crippen MR) is 62.6 cm³/mol. The highest BCUT2D eigenvalue weighted by Gasteiger charge is 2.10. The zero-order valence-corrected chi connectivity index (χ0v) is 9.42. The van der Waals surface area contributed by atoms with Crippen LogP contribution in [-0.2, 0) is 20.8 Å². The number of rotatable bonds is 3. The molecule has 18 heavy (non-hydrogen) atoms. The van der Waals surface area contributed by atoms with E-state index in [1.54, 1.807) is 0 Å². The van der Waals surface area contributed by atoms with E-state index in [1.807, 2.05) is 30.3 Å². The Bertz CT molecular complexity index is 396. The maximum absolute atomic E-state index is 10.4. The van der Waals surface area contributed by atoms with Crippen molar-refractivity contribution < 1.29 is 19.5 Å². The molecule has 0 radical (unpaired) electrons. The highest BCUT2D eigenvalue weighted by Crippen LogP contribution is 2.01. The first kappa shape index (κ1) is 17.8. The first-order valence-corrected chi connectivity index (χ1v) is 4.63. The number of carbonyl (C=O) groups excluding carboxylic acids is 2. The topological polar surface area (TPSA) is 145 Å². The van der Waals surface area contributed by atoms with Crippen LogP contribution < -0.4 is 5.73 Å². The zero-order valence-electron chi connectivity index (χ0n) is 9.42. The standard InChI is InChI=1S/C9H11NO2.2CHNO/c10-8(9(11)12)6-7-4-2-1-3-5-7;2*2-1-3/h1-5,8H,6,10H2,(H,11,12);2*2H.